The molecule has 4 nitrogen and oxygen atoms in total. The molecule has 2 unspecified atom stereocenters. The van der Waals surface area contributed by atoms with Crippen LogP contribution in [0.5, 0.6) is 0 Å². The van der Waals surface area contributed by atoms with Crippen molar-refractivity contribution in [2.75, 3.05) is 26.2 Å². The van der Waals surface area contributed by atoms with Crippen molar-refractivity contribution in [1.29, 1.82) is 0 Å². The van der Waals surface area contributed by atoms with E-state index in [1.165, 1.54) is 32.1 Å². The highest BCUT2D eigenvalue weighted by molar-refractivity contribution is 4.93. The third-order valence-electron chi connectivity index (χ3n) is 4.80. The van der Waals surface area contributed by atoms with Crippen LogP contribution in [0.2, 0.25) is 0 Å². The van der Waals surface area contributed by atoms with Crippen LogP contribution >= 0.6 is 0 Å². The zero-order chi connectivity index (χ0) is 14.8. The second-order valence-corrected chi connectivity index (χ2v) is 7.99. The Morgan fingerprint density at radius 2 is 1.60 bits per heavy atom. The molecular weight excluding hydrogens is 252 g/mol. The summed E-state index contributed by atoms with van der Waals surface area (Å²) < 4.78 is 0. The smallest absolute Gasteiger partial charge is 0.0938 e. The topological polar surface area (TPSA) is 55.7 Å². The van der Waals surface area contributed by atoms with Gasteiger partial charge in [-0.2, -0.15) is 0 Å². The molecule has 0 aromatic carbocycles. The Balaban J connectivity index is 1.96. The van der Waals surface area contributed by atoms with Crippen LogP contribution in [0.25, 0.3) is 0 Å². The first-order valence-corrected chi connectivity index (χ1v) is 8.13. The molecular formula is C16H32N2O2. The van der Waals surface area contributed by atoms with E-state index in [1.807, 2.05) is 0 Å². The summed E-state index contributed by atoms with van der Waals surface area (Å²) in [5, 5.41) is 23.1. The van der Waals surface area contributed by atoms with Crippen molar-refractivity contribution < 1.29 is 10.2 Å². The minimum Gasteiger partial charge on any atom is -0.389 e. The van der Waals surface area contributed by atoms with Crippen molar-refractivity contribution in [1.82, 2.24) is 10.2 Å². The first-order valence-electron chi connectivity index (χ1n) is 8.13. The van der Waals surface area contributed by atoms with Gasteiger partial charge in [0.15, 0.2) is 0 Å². The van der Waals surface area contributed by atoms with Crippen molar-refractivity contribution in [3.05, 3.63) is 0 Å². The molecule has 2 rings (SSSR count). The van der Waals surface area contributed by atoms with E-state index in [0.29, 0.717) is 18.5 Å². The molecule has 0 spiro atoms. The molecule has 4 heteroatoms. The van der Waals surface area contributed by atoms with Crippen molar-refractivity contribution in [3.8, 4) is 0 Å². The van der Waals surface area contributed by atoms with Crippen LogP contribution in [-0.4, -0.2) is 59.0 Å². The van der Waals surface area contributed by atoms with Crippen LogP contribution in [0.4, 0.5) is 0 Å². The minimum absolute atomic E-state index is 0.147. The molecule has 1 saturated carbocycles. The first-order chi connectivity index (χ1) is 9.30. The molecule has 0 radical (unpaired) electrons. The fourth-order valence-corrected chi connectivity index (χ4v) is 3.60. The Kier molecular flexibility index (Phi) is 5.11. The van der Waals surface area contributed by atoms with Crippen LogP contribution in [0.3, 0.4) is 0 Å². The van der Waals surface area contributed by atoms with Gasteiger partial charge >= 0.3 is 0 Å². The maximum Gasteiger partial charge on any atom is 0.0938 e. The summed E-state index contributed by atoms with van der Waals surface area (Å²) in [6.45, 7) is 9.94. The Hall–Kier alpha value is -0.160. The van der Waals surface area contributed by atoms with E-state index < -0.39 is 12.2 Å². The second kappa shape index (κ2) is 6.30. The van der Waals surface area contributed by atoms with E-state index in [1.54, 1.807) is 0 Å². The molecule has 1 aliphatic carbocycles. The lowest BCUT2D eigenvalue weighted by Gasteiger charge is -2.42. The Morgan fingerprint density at radius 1 is 1.05 bits per heavy atom. The summed E-state index contributed by atoms with van der Waals surface area (Å²) >= 11 is 0. The highest BCUT2D eigenvalue weighted by Crippen LogP contribution is 2.37. The average molecular weight is 284 g/mol. The van der Waals surface area contributed by atoms with Gasteiger partial charge in [0.2, 0.25) is 0 Å². The van der Waals surface area contributed by atoms with Gasteiger partial charge in [0, 0.05) is 31.7 Å². The predicted molar refractivity (Wildman–Crippen MR) is 81.7 cm³/mol. The zero-order valence-corrected chi connectivity index (χ0v) is 13.4. The van der Waals surface area contributed by atoms with Gasteiger partial charge in [-0.25, -0.2) is 0 Å². The fraction of sp³-hybridized carbons (Fsp3) is 1.00. The van der Waals surface area contributed by atoms with Gasteiger partial charge in [-0.15, -0.1) is 0 Å². The third kappa shape index (κ3) is 4.42. The molecule has 1 aliphatic heterocycles. The molecule has 0 aromatic heterocycles. The standard InChI is InChI=1S/C16H32N2O2/c1-15(2,3)17-11-16(7-5-4-6-8-16)12-18-9-13(19)14(20)10-18/h13-14,17,19-20H,4-12H2,1-3H3. The number of nitrogens with one attached hydrogen (secondary N) is 1. The van der Waals surface area contributed by atoms with Crippen molar-refractivity contribution in [3.63, 3.8) is 0 Å². The molecule has 0 aromatic rings. The van der Waals surface area contributed by atoms with E-state index >= 15 is 0 Å². The number of likely N-dealkylation sites (tertiary alicyclic amines) is 1. The van der Waals surface area contributed by atoms with E-state index in [2.05, 4.69) is 31.0 Å². The number of aliphatic hydroxyl groups is 2. The van der Waals surface area contributed by atoms with Gasteiger partial charge in [-0.05, 0) is 39.0 Å². The van der Waals surface area contributed by atoms with Gasteiger partial charge in [-0.3, -0.25) is 4.90 Å². The lowest BCUT2D eigenvalue weighted by molar-refractivity contribution is 0.0572. The molecule has 2 aliphatic rings. The minimum atomic E-state index is -0.564. The monoisotopic (exact) mass is 284 g/mol. The van der Waals surface area contributed by atoms with E-state index in [4.69, 9.17) is 0 Å². The highest BCUT2D eigenvalue weighted by atomic mass is 16.3. The zero-order valence-electron chi connectivity index (χ0n) is 13.4. The normalized spacial score (nSPS) is 31.6. The molecule has 2 fully saturated rings. The molecule has 0 amide bonds. The Morgan fingerprint density at radius 3 is 2.10 bits per heavy atom. The summed E-state index contributed by atoms with van der Waals surface area (Å²) in [6, 6.07) is 0. The second-order valence-electron chi connectivity index (χ2n) is 7.99. The van der Waals surface area contributed by atoms with Crippen molar-refractivity contribution >= 4 is 0 Å². The molecule has 2 atom stereocenters. The Bertz CT molecular complexity index is 298. The number of β-amino-alcohol motifs (C(OH)–C–C–N with tert-alkyl or cyclic N) is 2. The number of nitrogens with zero attached hydrogens (tertiary/aromatic N) is 1. The third-order valence-corrected chi connectivity index (χ3v) is 4.80. The predicted octanol–water partition coefficient (Wildman–Crippen LogP) is 1.36. The van der Waals surface area contributed by atoms with Crippen molar-refractivity contribution in [2.24, 2.45) is 5.41 Å². The summed E-state index contributed by atoms with van der Waals surface area (Å²) in [4.78, 5) is 2.25. The maximum absolute atomic E-state index is 9.73. The van der Waals surface area contributed by atoms with Gasteiger partial charge in [0.25, 0.3) is 0 Å². The highest BCUT2D eigenvalue weighted by Gasteiger charge is 2.38. The largest absolute Gasteiger partial charge is 0.389 e. The van der Waals surface area contributed by atoms with Crippen LogP contribution in [-0.2, 0) is 0 Å². The van der Waals surface area contributed by atoms with Crippen LogP contribution in [0.1, 0.15) is 52.9 Å². The van der Waals surface area contributed by atoms with E-state index in [-0.39, 0.29) is 5.54 Å². The van der Waals surface area contributed by atoms with Crippen LogP contribution < -0.4 is 5.32 Å². The van der Waals surface area contributed by atoms with Gasteiger partial charge in [0.1, 0.15) is 0 Å². The summed E-state index contributed by atoms with van der Waals surface area (Å²) in [6.07, 6.45) is 5.37. The molecule has 118 valence electrons. The quantitative estimate of drug-likeness (QED) is 0.730. The van der Waals surface area contributed by atoms with Gasteiger partial charge < -0.3 is 15.5 Å². The lowest BCUT2D eigenvalue weighted by Crippen LogP contribution is -2.49. The SMILES string of the molecule is CC(C)(C)NCC1(CN2CC(O)C(O)C2)CCCCC1. The Labute approximate surface area is 123 Å². The fourth-order valence-electron chi connectivity index (χ4n) is 3.60. The summed E-state index contributed by atoms with van der Waals surface area (Å²) in [5.74, 6) is 0. The molecule has 1 heterocycles. The number of aliphatic hydroxyl groups excluding tert-OH is 2. The van der Waals surface area contributed by atoms with Gasteiger partial charge in [-0.1, -0.05) is 19.3 Å². The molecule has 20 heavy (non-hydrogen) atoms. The summed E-state index contributed by atoms with van der Waals surface area (Å²) in [7, 11) is 0. The maximum atomic E-state index is 9.73. The van der Waals surface area contributed by atoms with Crippen LogP contribution in [0, 0.1) is 5.41 Å². The van der Waals surface area contributed by atoms with E-state index in [0.717, 1.165) is 13.1 Å². The van der Waals surface area contributed by atoms with Gasteiger partial charge in [0.05, 0.1) is 12.2 Å². The lowest BCUT2D eigenvalue weighted by atomic mass is 9.73. The molecule has 0 bridgehead atoms. The number of rotatable bonds is 4. The number of hydrogen-bond donors (Lipinski definition) is 3. The number of hydrogen-bond acceptors (Lipinski definition) is 4. The first kappa shape index (κ1) is 16.2. The summed E-state index contributed by atoms with van der Waals surface area (Å²) in [5.41, 5.74) is 0.462. The van der Waals surface area contributed by atoms with E-state index in [9.17, 15) is 10.2 Å². The molecule has 3 N–H and O–H groups in total. The van der Waals surface area contributed by atoms with Crippen LogP contribution in [0.15, 0.2) is 0 Å². The average Bonchev–Trinajstić information content (AvgIpc) is 2.66. The van der Waals surface area contributed by atoms with Crippen molar-refractivity contribution in [2.45, 2.75) is 70.6 Å². The molecule has 1 saturated heterocycles.